The summed E-state index contributed by atoms with van der Waals surface area (Å²) in [6.07, 6.45) is 2.05. The van der Waals surface area contributed by atoms with Gasteiger partial charge in [0.05, 0.1) is 17.7 Å². The fourth-order valence-electron chi connectivity index (χ4n) is 2.57. The van der Waals surface area contributed by atoms with Crippen molar-refractivity contribution in [2.75, 3.05) is 20.3 Å². The van der Waals surface area contributed by atoms with E-state index in [2.05, 4.69) is 10.6 Å². The number of hydrogen-bond donors (Lipinski definition) is 0. The molecule has 1 aliphatic heterocycles. The summed E-state index contributed by atoms with van der Waals surface area (Å²) in [5.74, 6) is 2.54. The number of methoxy groups -OCH3 is 1. The zero-order valence-electron chi connectivity index (χ0n) is 12.1. The van der Waals surface area contributed by atoms with Crippen LogP contribution in [0.2, 0.25) is 0 Å². The van der Waals surface area contributed by atoms with Gasteiger partial charge in [0.2, 0.25) is 0 Å². The van der Waals surface area contributed by atoms with Crippen LogP contribution in [0, 0.1) is 0 Å². The molecule has 0 bridgehead atoms. The molecule has 0 radical (unpaired) electrons. The van der Waals surface area contributed by atoms with Crippen molar-refractivity contribution in [1.29, 1.82) is 0 Å². The van der Waals surface area contributed by atoms with Crippen LogP contribution < -0.4 is 14.2 Å². The number of thiophene rings is 1. The highest BCUT2D eigenvalue weighted by atomic mass is 32.1. The molecular weight excluding hydrogens is 298 g/mol. The van der Waals surface area contributed by atoms with E-state index in [1.807, 2.05) is 41.9 Å². The molecule has 22 heavy (non-hydrogen) atoms. The minimum absolute atomic E-state index is 0.597. The largest absolute Gasteiger partial charge is 0.497 e. The van der Waals surface area contributed by atoms with Gasteiger partial charge in [-0.05, 0) is 36.4 Å². The van der Waals surface area contributed by atoms with E-state index in [9.17, 15) is 0 Å². The predicted octanol–water partition coefficient (Wildman–Crippen LogP) is 3.99. The minimum Gasteiger partial charge on any atom is -0.497 e. The van der Waals surface area contributed by atoms with Crippen molar-refractivity contribution in [3.8, 4) is 33.5 Å². The predicted molar refractivity (Wildman–Crippen MR) is 86.6 cm³/mol. The lowest BCUT2D eigenvalue weighted by molar-refractivity contribution is 0.174. The molecule has 3 heterocycles. The Balaban J connectivity index is 1.78. The first-order chi connectivity index (χ1) is 10.9. The molecule has 2 aromatic heterocycles. The summed E-state index contributed by atoms with van der Waals surface area (Å²) >= 11 is 1.64. The summed E-state index contributed by atoms with van der Waals surface area (Å²) in [5.41, 5.74) is 2.18. The molecule has 0 N–H and O–H groups in total. The van der Waals surface area contributed by atoms with E-state index in [0.717, 1.165) is 33.5 Å². The van der Waals surface area contributed by atoms with Crippen molar-refractivity contribution in [2.45, 2.75) is 0 Å². The monoisotopic (exact) mass is 313 g/mol. The third-order valence-electron chi connectivity index (χ3n) is 3.63. The lowest BCUT2D eigenvalue weighted by Gasteiger charge is -2.17. The van der Waals surface area contributed by atoms with Crippen LogP contribution in [0.3, 0.4) is 0 Å². The summed E-state index contributed by atoms with van der Waals surface area (Å²) in [6.45, 7) is 1.21. The first kappa shape index (κ1) is 13.3. The van der Waals surface area contributed by atoms with Crippen LogP contribution in [0.25, 0.3) is 16.3 Å². The van der Waals surface area contributed by atoms with Crippen molar-refractivity contribution < 1.29 is 14.2 Å². The zero-order valence-corrected chi connectivity index (χ0v) is 12.9. The molecule has 4 nitrogen and oxygen atoms in total. The normalized spacial score (nSPS) is 13.1. The standard InChI is InChI=1S/C17H15NO3S/c1-19-13-6-4-12(5-7-13)18-8-2-3-14(18)17-16-15(11-22-17)20-9-10-21-16/h2-8,11H,9-10H2,1H3. The molecule has 1 aliphatic rings. The molecule has 0 amide bonds. The highest BCUT2D eigenvalue weighted by Crippen LogP contribution is 2.46. The Bertz CT molecular complexity index is 789. The quantitative estimate of drug-likeness (QED) is 0.733. The third kappa shape index (κ3) is 2.14. The average Bonchev–Trinajstić information content (AvgIpc) is 3.21. The van der Waals surface area contributed by atoms with E-state index in [1.165, 1.54) is 0 Å². The Morgan fingerprint density at radius 1 is 1.09 bits per heavy atom. The van der Waals surface area contributed by atoms with Gasteiger partial charge in [0, 0.05) is 17.3 Å². The summed E-state index contributed by atoms with van der Waals surface area (Å²) in [4.78, 5) is 1.09. The van der Waals surface area contributed by atoms with Crippen LogP contribution in [0.4, 0.5) is 0 Å². The number of aromatic nitrogens is 1. The second-order valence-corrected chi connectivity index (χ2v) is 5.80. The molecular formula is C17H15NO3S. The van der Waals surface area contributed by atoms with E-state index in [4.69, 9.17) is 14.2 Å². The van der Waals surface area contributed by atoms with E-state index in [0.29, 0.717) is 13.2 Å². The fraction of sp³-hybridized carbons (Fsp3) is 0.176. The highest BCUT2D eigenvalue weighted by molar-refractivity contribution is 7.14. The summed E-state index contributed by atoms with van der Waals surface area (Å²) < 4.78 is 18.8. The van der Waals surface area contributed by atoms with Gasteiger partial charge in [0.1, 0.15) is 19.0 Å². The Labute approximate surface area is 132 Å². The van der Waals surface area contributed by atoms with Gasteiger partial charge in [0.15, 0.2) is 11.5 Å². The molecule has 1 aromatic carbocycles. The van der Waals surface area contributed by atoms with Gasteiger partial charge >= 0.3 is 0 Å². The van der Waals surface area contributed by atoms with Gasteiger partial charge < -0.3 is 18.8 Å². The topological polar surface area (TPSA) is 32.6 Å². The lowest BCUT2D eigenvalue weighted by atomic mass is 10.2. The SMILES string of the molecule is COc1ccc(-n2cccc2-c2scc3c2OCCO3)cc1. The Hall–Kier alpha value is -2.40. The molecule has 0 aliphatic carbocycles. The summed E-state index contributed by atoms with van der Waals surface area (Å²) in [5, 5.41) is 2.01. The zero-order chi connectivity index (χ0) is 14.9. The van der Waals surface area contributed by atoms with Crippen molar-refractivity contribution >= 4 is 11.3 Å². The van der Waals surface area contributed by atoms with Crippen molar-refractivity contribution in [1.82, 2.24) is 4.57 Å². The molecule has 0 fully saturated rings. The van der Waals surface area contributed by atoms with Crippen LogP contribution in [0.1, 0.15) is 0 Å². The van der Waals surface area contributed by atoms with Gasteiger partial charge in [0.25, 0.3) is 0 Å². The van der Waals surface area contributed by atoms with Gasteiger partial charge in [-0.15, -0.1) is 11.3 Å². The number of benzene rings is 1. The van der Waals surface area contributed by atoms with Crippen molar-refractivity contribution in [3.63, 3.8) is 0 Å². The van der Waals surface area contributed by atoms with E-state index in [1.54, 1.807) is 18.4 Å². The van der Waals surface area contributed by atoms with Crippen LogP contribution >= 0.6 is 11.3 Å². The Morgan fingerprint density at radius 3 is 2.73 bits per heavy atom. The van der Waals surface area contributed by atoms with Crippen molar-refractivity contribution in [3.05, 3.63) is 48.0 Å². The van der Waals surface area contributed by atoms with E-state index < -0.39 is 0 Å². The third-order valence-corrected chi connectivity index (χ3v) is 4.60. The van der Waals surface area contributed by atoms with Gasteiger partial charge in [-0.2, -0.15) is 0 Å². The van der Waals surface area contributed by atoms with Crippen molar-refractivity contribution in [2.24, 2.45) is 0 Å². The molecule has 0 unspecified atom stereocenters. The average molecular weight is 313 g/mol. The second-order valence-electron chi connectivity index (χ2n) is 4.92. The van der Waals surface area contributed by atoms with E-state index >= 15 is 0 Å². The maximum Gasteiger partial charge on any atom is 0.181 e. The highest BCUT2D eigenvalue weighted by Gasteiger charge is 2.21. The first-order valence-electron chi connectivity index (χ1n) is 7.06. The maximum absolute atomic E-state index is 5.80. The summed E-state index contributed by atoms with van der Waals surface area (Å²) in [7, 11) is 1.67. The Morgan fingerprint density at radius 2 is 1.91 bits per heavy atom. The maximum atomic E-state index is 5.80. The minimum atomic E-state index is 0.597. The number of rotatable bonds is 3. The van der Waals surface area contributed by atoms with Gasteiger partial charge in [-0.1, -0.05) is 0 Å². The smallest absolute Gasteiger partial charge is 0.181 e. The van der Waals surface area contributed by atoms with E-state index in [-0.39, 0.29) is 0 Å². The number of hydrogen-bond acceptors (Lipinski definition) is 4. The Kier molecular flexibility index (Phi) is 3.27. The fourth-order valence-corrected chi connectivity index (χ4v) is 3.53. The number of fused-ring (bicyclic) bond motifs is 1. The lowest BCUT2D eigenvalue weighted by Crippen LogP contribution is -2.14. The molecule has 0 spiro atoms. The van der Waals surface area contributed by atoms with Gasteiger partial charge in [-0.25, -0.2) is 0 Å². The number of ether oxygens (including phenoxy) is 3. The molecule has 3 aromatic rings. The molecule has 0 saturated heterocycles. The summed E-state index contributed by atoms with van der Waals surface area (Å²) in [6, 6.07) is 12.1. The second kappa shape index (κ2) is 5.42. The molecule has 112 valence electrons. The first-order valence-corrected chi connectivity index (χ1v) is 7.94. The number of nitrogens with zero attached hydrogens (tertiary/aromatic N) is 1. The van der Waals surface area contributed by atoms with Gasteiger partial charge in [-0.3, -0.25) is 0 Å². The van der Waals surface area contributed by atoms with Crippen LogP contribution in [0.15, 0.2) is 48.0 Å². The molecule has 0 atom stereocenters. The molecule has 5 heteroatoms. The van der Waals surface area contributed by atoms with Crippen LogP contribution in [-0.4, -0.2) is 24.9 Å². The molecule has 0 saturated carbocycles. The van der Waals surface area contributed by atoms with Crippen LogP contribution in [0.5, 0.6) is 17.2 Å². The van der Waals surface area contributed by atoms with Crippen LogP contribution in [-0.2, 0) is 0 Å². The molecule has 4 rings (SSSR count).